The summed E-state index contributed by atoms with van der Waals surface area (Å²) in [7, 11) is 0. The molecule has 1 aromatic rings. The van der Waals surface area contributed by atoms with Gasteiger partial charge in [0.2, 0.25) is 11.8 Å². The zero-order chi connectivity index (χ0) is 28.6. The van der Waals surface area contributed by atoms with Crippen molar-refractivity contribution in [1.82, 2.24) is 20.9 Å². The molecule has 1 aromatic heterocycles. The standard InChI is InChI=1S/C30H49N5O4/c1-6-19(2)26(35-29(38)39-30(3,4)5)28(37)34-24(27(36)33-18-20-14-15-25(31)32-17-20)16-22-12-9-11-21-10-7-8-13-23(21)22/h14-15,17,19,21-24,26H,6-13,16,18H2,1-5H3,(H2,31,32)(H,33,36)(H,34,37)(H,35,38)/t19?,21?,22?,23-,24+,26?/m1/s1. The smallest absolute Gasteiger partial charge is 0.408 e. The molecule has 39 heavy (non-hydrogen) atoms. The number of hydrogen-bond acceptors (Lipinski definition) is 6. The first-order valence-electron chi connectivity index (χ1n) is 14.7. The van der Waals surface area contributed by atoms with Gasteiger partial charge in [0.1, 0.15) is 23.5 Å². The minimum Gasteiger partial charge on any atom is -0.444 e. The summed E-state index contributed by atoms with van der Waals surface area (Å²) in [4.78, 5) is 43.8. The summed E-state index contributed by atoms with van der Waals surface area (Å²) in [6.07, 6.45) is 10.8. The van der Waals surface area contributed by atoms with Crippen molar-refractivity contribution >= 4 is 23.7 Å². The molecule has 0 bridgehead atoms. The molecular weight excluding hydrogens is 494 g/mol. The highest BCUT2D eigenvalue weighted by atomic mass is 16.6. The fraction of sp³-hybridized carbons (Fsp3) is 0.733. The number of amides is 3. The number of ether oxygens (including phenoxy) is 1. The van der Waals surface area contributed by atoms with E-state index in [-0.39, 0.29) is 17.7 Å². The third kappa shape index (κ3) is 9.39. The van der Waals surface area contributed by atoms with Crippen molar-refractivity contribution in [2.75, 3.05) is 5.73 Å². The monoisotopic (exact) mass is 543 g/mol. The second-order valence-electron chi connectivity index (χ2n) is 12.5. The molecule has 9 heteroatoms. The molecule has 2 aliphatic carbocycles. The highest BCUT2D eigenvalue weighted by molar-refractivity contribution is 5.91. The van der Waals surface area contributed by atoms with E-state index in [1.165, 1.54) is 38.5 Å². The molecule has 6 atom stereocenters. The Morgan fingerprint density at radius 3 is 2.44 bits per heavy atom. The summed E-state index contributed by atoms with van der Waals surface area (Å²) in [6, 6.07) is 2.02. The summed E-state index contributed by atoms with van der Waals surface area (Å²) in [5.74, 6) is 1.41. The van der Waals surface area contributed by atoms with Crippen molar-refractivity contribution in [3.8, 4) is 0 Å². The van der Waals surface area contributed by atoms with Gasteiger partial charge in [0, 0.05) is 12.7 Å². The van der Waals surface area contributed by atoms with E-state index in [4.69, 9.17) is 10.5 Å². The maximum absolute atomic E-state index is 13.6. The number of nitrogens with one attached hydrogen (secondary N) is 3. The predicted octanol–water partition coefficient (Wildman–Crippen LogP) is 4.70. The second kappa shape index (κ2) is 14.0. The lowest BCUT2D eigenvalue weighted by molar-refractivity contribution is -0.131. The lowest BCUT2D eigenvalue weighted by Crippen LogP contribution is -2.56. The third-order valence-electron chi connectivity index (χ3n) is 8.38. The number of pyridine rings is 1. The van der Waals surface area contributed by atoms with Gasteiger partial charge in [-0.25, -0.2) is 9.78 Å². The van der Waals surface area contributed by atoms with Gasteiger partial charge in [-0.1, -0.05) is 64.9 Å². The van der Waals surface area contributed by atoms with Crippen molar-refractivity contribution in [3.63, 3.8) is 0 Å². The van der Waals surface area contributed by atoms with Gasteiger partial charge in [-0.05, 0) is 68.9 Å². The van der Waals surface area contributed by atoms with Crippen LogP contribution in [0.15, 0.2) is 18.3 Å². The van der Waals surface area contributed by atoms with Crippen molar-refractivity contribution in [2.45, 2.75) is 117 Å². The van der Waals surface area contributed by atoms with E-state index >= 15 is 0 Å². The van der Waals surface area contributed by atoms with E-state index in [0.29, 0.717) is 37.0 Å². The van der Waals surface area contributed by atoms with E-state index in [1.807, 2.05) is 19.9 Å². The van der Waals surface area contributed by atoms with Crippen molar-refractivity contribution < 1.29 is 19.1 Å². The van der Waals surface area contributed by atoms with Crippen LogP contribution in [0.4, 0.5) is 10.6 Å². The second-order valence-corrected chi connectivity index (χ2v) is 12.5. The number of carbonyl (C=O) groups is 3. The topological polar surface area (TPSA) is 135 Å². The molecule has 0 aliphatic heterocycles. The summed E-state index contributed by atoms with van der Waals surface area (Å²) < 4.78 is 5.42. The van der Waals surface area contributed by atoms with Crippen LogP contribution in [0.5, 0.6) is 0 Å². The number of alkyl carbamates (subject to hydrolysis) is 1. The molecule has 2 saturated carbocycles. The Balaban J connectivity index is 1.75. The van der Waals surface area contributed by atoms with Crippen LogP contribution >= 0.6 is 0 Å². The van der Waals surface area contributed by atoms with Crippen LogP contribution < -0.4 is 21.7 Å². The van der Waals surface area contributed by atoms with Crippen molar-refractivity contribution in [2.24, 2.45) is 23.7 Å². The Hall–Kier alpha value is -2.84. The van der Waals surface area contributed by atoms with Crippen molar-refractivity contribution in [3.05, 3.63) is 23.9 Å². The van der Waals surface area contributed by atoms with E-state index in [9.17, 15) is 14.4 Å². The highest BCUT2D eigenvalue weighted by Crippen LogP contribution is 2.45. The summed E-state index contributed by atoms with van der Waals surface area (Å²) in [5, 5.41) is 8.78. The quantitative estimate of drug-likeness (QED) is 0.338. The fourth-order valence-electron chi connectivity index (χ4n) is 6.15. The van der Waals surface area contributed by atoms with Crippen LogP contribution in [-0.2, 0) is 20.9 Å². The number of nitrogen functional groups attached to an aromatic ring is 1. The minimum absolute atomic E-state index is 0.139. The molecule has 3 rings (SSSR count). The average molecular weight is 544 g/mol. The van der Waals surface area contributed by atoms with Gasteiger partial charge in [0.15, 0.2) is 0 Å². The molecule has 5 N–H and O–H groups in total. The lowest BCUT2D eigenvalue weighted by atomic mass is 9.64. The molecule has 2 aliphatic rings. The number of hydrogen-bond donors (Lipinski definition) is 4. The van der Waals surface area contributed by atoms with E-state index in [1.54, 1.807) is 33.0 Å². The normalized spacial score (nSPS) is 23.5. The largest absolute Gasteiger partial charge is 0.444 e. The van der Waals surface area contributed by atoms with Gasteiger partial charge < -0.3 is 26.4 Å². The number of nitrogens with two attached hydrogens (primary N) is 1. The first-order chi connectivity index (χ1) is 18.5. The number of carbonyl (C=O) groups excluding carboxylic acids is 3. The zero-order valence-corrected chi connectivity index (χ0v) is 24.4. The van der Waals surface area contributed by atoms with Crippen LogP contribution in [0, 0.1) is 23.7 Å². The SMILES string of the molecule is CCC(C)C(NC(=O)OC(C)(C)C)C(=O)N[C@@H](CC1CCCC2CCCC[C@H]21)C(=O)NCc1ccc(N)nc1. The molecule has 9 nitrogen and oxygen atoms in total. The molecule has 0 saturated heterocycles. The number of rotatable bonds is 10. The predicted molar refractivity (Wildman–Crippen MR) is 152 cm³/mol. The zero-order valence-electron chi connectivity index (χ0n) is 24.4. The number of anilines is 1. The molecule has 218 valence electrons. The molecule has 4 unspecified atom stereocenters. The molecule has 0 spiro atoms. The molecule has 0 aromatic carbocycles. The summed E-state index contributed by atoms with van der Waals surface area (Å²) >= 11 is 0. The molecule has 2 fully saturated rings. The Kier molecular flexibility index (Phi) is 11.0. The average Bonchev–Trinajstić information content (AvgIpc) is 2.89. The van der Waals surface area contributed by atoms with Gasteiger partial charge in [-0.15, -0.1) is 0 Å². The van der Waals surface area contributed by atoms with E-state index in [2.05, 4.69) is 20.9 Å². The molecular formula is C30H49N5O4. The van der Waals surface area contributed by atoms with Gasteiger partial charge in [0.25, 0.3) is 0 Å². The summed E-state index contributed by atoms with van der Waals surface area (Å²) in [5.41, 5.74) is 5.84. The first kappa shape index (κ1) is 30.7. The maximum Gasteiger partial charge on any atom is 0.408 e. The van der Waals surface area contributed by atoms with Gasteiger partial charge in [0.05, 0.1) is 0 Å². The Morgan fingerprint density at radius 1 is 1.05 bits per heavy atom. The Bertz CT molecular complexity index is 959. The number of nitrogens with zero attached hydrogens (tertiary/aromatic N) is 1. The van der Waals surface area contributed by atoms with Crippen LogP contribution in [-0.4, -0.2) is 40.6 Å². The molecule has 0 radical (unpaired) electrons. The van der Waals surface area contributed by atoms with E-state index < -0.39 is 23.8 Å². The molecule has 3 amide bonds. The lowest BCUT2D eigenvalue weighted by Gasteiger charge is -2.42. The van der Waals surface area contributed by atoms with Crippen LogP contribution in [0.2, 0.25) is 0 Å². The minimum atomic E-state index is -0.810. The highest BCUT2D eigenvalue weighted by Gasteiger charge is 2.38. The fourth-order valence-corrected chi connectivity index (χ4v) is 6.15. The Labute approximate surface area is 233 Å². The summed E-state index contributed by atoms with van der Waals surface area (Å²) in [6.45, 7) is 9.52. The van der Waals surface area contributed by atoms with Gasteiger partial charge in [-0.3, -0.25) is 9.59 Å². The maximum atomic E-state index is 13.6. The number of fused-ring (bicyclic) bond motifs is 1. The molecule has 1 heterocycles. The van der Waals surface area contributed by atoms with Crippen LogP contribution in [0.1, 0.15) is 98.0 Å². The Morgan fingerprint density at radius 2 is 1.77 bits per heavy atom. The van der Waals surface area contributed by atoms with Gasteiger partial charge in [-0.2, -0.15) is 0 Å². The first-order valence-corrected chi connectivity index (χ1v) is 14.7. The number of aromatic nitrogens is 1. The third-order valence-corrected chi connectivity index (χ3v) is 8.38. The van der Waals surface area contributed by atoms with E-state index in [0.717, 1.165) is 17.9 Å². The van der Waals surface area contributed by atoms with Gasteiger partial charge >= 0.3 is 6.09 Å². The van der Waals surface area contributed by atoms with Crippen molar-refractivity contribution in [1.29, 1.82) is 0 Å². The van der Waals surface area contributed by atoms with Crippen LogP contribution in [0.25, 0.3) is 0 Å². The van der Waals surface area contributed by atoms with Crippen LogP contribution in [0.3, 0.4) is 0 Å².